The van der Waals surface area contributed by atoms with E-state index in [0.717, 1.165) is 18.0 Å². The Morgan fingerprint density at radius 3 is 2.24 bits per heavy atom. The van der Waals surface area contributed by atoms with Crippen LogP contribution in [-0.4, -0.2) is 73.1 Å². The number of rotatable bonds is 3. The molecule has 0 N–H and O–H groups in total. The van der Waals surface area contributed by atoms with E-state index in [9.17, 15) is 0 Å². The van der Waals surface area contributed by atoms with E-state index in [0.29, 0.717) is 0 Å². The third-order valence-electron chi connectivity index (χ3n) is 5.20. The molecule has 0 aliphatic carbocycles. The van der Waals surface area contributed by atoms with Crippen molar-refractivity contribution in [3.05, 3.63) is 0 Å². The molecule has 3 saturated heterocycles. The average Bonchev–Trinajstić information content (AvgIpc) is 2.91. The van der Waals surface area contributed by atoms with E-state index in [1.54, 1.807) is 0 Å². The van der Waals surface area contributed by atoms with E-state index >= 15 is 0 Å². The molecule has 3 nitrogen and oxygen atoms in total. The van der Waals surface area contributed by atoms with Crippen LogP contribution in [0.15, 0.2) is 0 Å². The highest BCUT2D eigenvalue weighted by atomic mass is 15.3. The van der Waals surface area contributed by atoms with Gasteiger partial charge in [-0.15, -0.1) is 0 Å². The highest BCUT2D eigenvalue weighted by molar-refractivity contribution is 4.99. The summed E-state index contributed by atoms with van der Waals surface area (Å²) in [5.41, 5.74) is 0. The number of piperazine rings is 1. The van der Waals surface area contributed by atoms with Crippen LogP contribution in [0.25, 0.3) is 0 Å². The molecule has 17 heavy (non-hydrogen) atoms. The first-order valence-corrected chi connectivity index (χ1v) is 7.43. The molecule has 0 aromatic carbocycles. The third-order valence-corrected chi connectivity index (χ3v) is 5.20. The smallest absolute Gasteiger partial charge is 0.0239 e. The van der Waals surface area contributed by atoms with Crippen LogP contribution in [-0.2, 0) is 0 Å². The standard InChI is InChI=1S/C14H27N3/c1-3-16-10-14-8-13(16)11-17(14)9-12-4-6-15(2)7-5-12/h12-14H,3-11H2,1-2H3. The first kappa shape index (κ1) is 11.9. The molecule has 3 heteroatoms. The number of fused-ring (bicyclic) bond motifs is 2. The maximum atomic E-state index is 2.80. The SMILES string of the molecule is CCN1CC2CC1CN2CC1CCN(C)CC1. The number of hydrogen-bond donors (Lipinski definition) is 0. The topological polar surface area (TPSA) is 9.72 Å². The van der Waals surface area contributed by atoms with Crippen LogP contribution in [0.2, 0.25) is 0 Å². The monoisotopic (exact) mass is 237 g/mol. The van der Waals surface area contributed by atoms with Crippen molar-refractivity contribution in [1.29, 1.82) is 0 Å². The summed E-state index contributed by atoms with van der Waals surface area (Å²) >= 11 is 0. The molecule has 0 aromatic heterocycles. The summed E-state index contributed by atoms with van der Waals surface area (Å²) in [7, 11) is 2.26. The van der Waals surface area contributed by atoms with Crippen LogP contribution in [0.3, 0.4) is 0 Å². The second kappa shape index (κ2) is 4.87. The van der Waals surface area contributed by atoms with Crippen molar-refractivity contribution < 1.29 is 0 Å². The summed E-state index contributed by atoms with van der Waals surface area (Å²) in [5.74, 6) is 0.973. The molecule has 0 radical (unpaired) electrons. The second-order valence-electron chi connectivity index (χ2n) is 6.33. The molecule has 0 aromatic rings. The van der Waals surface area contributed by atoms with Gasteiger partial charge < -0.3 is 4.90 Å². The summed E-state index contributed by atoms with van der Waals surface area (Å²) < 4.78 is 0. The summed E-state index contributed by atoms with van der Waals surface area (Å²) in [4.78, 5) is 7.95. The molecule has 3 heterocycles. The summed E-state index contributed by atoms with van der Waals surface area (Å²) in [6.07, 6.45) is 4.28. The maximum absolute atomic E-state index is 2.80. The Bertz CT molecular complexity index is 260. The van der Waals surface area contributed by atoms with Gasteiger partial charge in [-0.1, -0.05) is 6.92 Å². The van der Waals surface area contributed by atoms with E-state index in [1.807, 2.05) is 0 Å². The molecule has 98 valence electrons. The molecule has 0 spiro atoms. The van der Waals surface area contributed by atoms with Crippen molar-refractivity contribution in [1.82, 2.24) is 14.7 Å². The first-order valence-electron chi connectivity index (χ1n) is 7.43. The van der Waals surface area contributed by atoms with Gasteiger partial charge in [-0.3, -0.25) is 9.80 Å². The molecule has 2 bridgehead atoms. The van der Waals surface area contributed by atoms with E-state index in [4.69, 9.17) is 0 Å². The number of likely N-dealkylation sites (tertiary alicyclic amines) is 3. The summed E-state index contributed by atoms with van der Waals surface area (Å²) in [6.45, 7) is 10.3. The van der Waals surface area contributed by atoms with E-state index < -0.39 is 0 Å². The molecule has 0 amide bonds. The molecule has 2 unspecified atom stereocenters. The fraction of sp³-hybridized carbons (Fsp3) is 1.00. The zero-order chi connectivity index (χ0) is 11.8. The lowest BCUT2D eigenvalue weighted by Gasteiger charge is -2.37. The highest BCUT2D eigenvalue weighted by Crippen LogP contribution is 2.32. The molecule has 2 atom stereocenters. The van der Waals surface area contributed by atoms with Gasteiger partial charge in [-0.05, 0) is 51.9 Å². The van der Waals surface area contributed by atoms with Crippen LogP contribution in [0.4, 0.5) is 0 Å². The van der Waals surface area contributed by atoms with Gasteiger partial charge in [0.15, 0.2) is 0 Å². The Balaban J connectivity index is 1.48. The van der Waals surface area contributed by atoms with Crippen molar-refractivity contribution >= 4 is 0 Å². The van der Waals surface area contributed by atoms with Crippen molar-refractivity contribution in [2.24, 2.45) is 5.92 Å². The zero-order valence-corrected chi connectivity index (χ0v) is 11.4. The minimum absolute atomic E-state index is 0.885. The van der Waals surface area contributed by atoms with Crippen LogP contribution >= 0.6 is 0 Å². The Hall–Kier alpha value is -0.120. The molecule has 0 saturated carbocycles. The Morgan fingerprint density at radius 2 is 1.65 bits per heavy atom. The lowest BCUT2D eigenvalue weighted by molar-refractivity contribution is 0.0993. The van der Waals surface area contributed by atoms with Gasteiger partial charge in [0.25, 0.3) is 0 Å². The van der Waals surface area contributed by atoms with Gasteiger partial charge in [0.2, 0.25) is 0 Å². The van der Waals surface area contributed by atoms with Crippen LogP contribution in [0.1, 0.15) is 26.2 Å². The first-order chi connectivity index (χ1) is 8.26. The van der Waals surface area contributed by atoms with Gasteiger partial charge in [0.05, 0.1) is 0 Å². The number of piperidine rings is 1. The average molecular weight is 237 g/mol. The molecular weight excluding hydrogens is 210 g/mol. The van der Waals surface area contributed by atoms with Crippen LogP contribution < -0.4 is 0 Å². The lowest BCUT2D eigenvalue weighted by Crippen LogP contribution is -2.48. The highest BCUT2D eigenvalue weighted by Gasteiger charge is 2.42. The van der Waals surface area contributed by atoms with Gasteiger partial charge in [-0.25, -0.2) is 0 Å². The quantitative estimate of drug-likeness (QED) is 0.728. The number of likely N-dealkylation sites (N-methyl/N-ethyl adjacent to an activating group) is 1. The van der Waals surface area contributed by atoms with Crippen molar-refractivity contribution in [3.63, 3.8) is 0 Å². The minimum atomic E-state index is 0.885. The predicted molar refractivity (Wildman–Crippen MR) is 71.2 cm³/mol. The zero-order valence-electron chi connectivity index (χ0n) is 11.4. The number of nitrogens with zero attached hydrogens (tertiary/aromatic N) is 3. The van der Waals surface area contributed by atoms with Crippen molar-refractivity contribution in [2.75, 3.05) is 46.3 Å². The Labute approximate surface area is 106 Å². The number of hydrogen-bond acceptors (Lipinski definition) is 3. The van der Waals surface area contributed by atoms with Crippen molar-refractivity contribution in [3.8, 4) is 0 Å². The molecule has 3 aliphatic rings. The summed E-state index contributed by atoms with van der Waals surface area (Å²) in [5, 5.41) is 0. The lowest BCUT2D eigenvalue weighted by atomic mass is 9.96. The fourth-order valence-corrected chi connectivity index (χ4v) is 4.02. The van der Waals surface area contributed by atoms with Gasteiger partial charge >= 0.3 is 0 Å². The molecule has 3 aliphatic heterocycles. The fourth-order valence-electron chi connectivity index (χ4n) is 4.02. The van der Waals surface area contributed by atoms with E-state index in [2.05, 4.69) is 28.7 Å². The van der Waals surface area contributed by atoms with E-state index in [-0.39, 0.29) is 0 Å². The Morgan fingerprint density at radius 1 is 1.00 bits per heavy atom. The normalized spacial score (nSPS) is 37.1. The van der Waals surface area contributed by atoms with Crippen molar-refractivity contribution in [2.45, 2.75) is 38.3 Å². The largest absolute Gasteiger partial charge is 0.306 e. The van der Waals surface area contributed by atoms with E-state index in [1.165, 1.54) is 58.5 Å². The minimum Gasteiger partial charge on any atom is -0.306 e. The Kier molecular flexibility index (Phi) is 3.42. The predicted octanol–water partition coefficient (Wildman–Crippen LogP) is 1.11. The van der Waals surface area contributed by atoms with Gasteiger partial charge in [0.1, 0.15) is 0 Å². The van der Waals surface area contributed by atoms with Gasteiger partial charge in [0, 0.05) is 31.7 Å². The molecule has 3 fully saturated rings. The molecule has 3 rings (SSSR count). The second-order valence-corrected chi connectivity index (χ2v) is 6.33. The maximum Gasteiger partial charge on any atom is 0.0239 e. The third kappa shape index (κ3) is 2.38. The molecular formula is C14H27N3. The van der Waals surface area contributed by atoms with Crippen LogP contribution in [0.5, 0.6) is 0 Å². The van der Waals surface area contributed by atoms with Crippen LogP contribution in [0, 0.1) is 5.92 Å². The van der Waals surface area contributed by atoms with Gasteiger partial charge in [-0.2, -0.15) is 0 Å². The summed E-state index contributed by atoms with van der Waals surface area (Å²) in [6, 6.07) is 1.77.